The summed E-state index contributed by atoms with van der Waals surface area (Å²) in [5.41, 5.74) is 3.37. The standard InChI is InChI=1S/C14H14ClNO2/c1-4-18-14(17)11-7-16-12-6-9(3)8(2)5-10(12)13(11)15/h5-7H,4H2,1-3H3. The van der Waals surface area contributed by atoms with E-state index >= 15 is 0 Å². The first-order valence-electron chi connectivity index (χ1n) is 5.77. The molecule has 0 saturated heterocycles. The van der Waals surface area contributed by atoms with Gasteiger partial charge in [0.1, 0.15) is 0 Å². The Morgan fingerprint density at radius 2 is 2.00 bits per heavy atom. The van der Waals surface area contributed by atoms with Gasteiger partial charge in [0, 0.05) is 11.6 Å². The van der Waals surface area contributed by atoms with E-state index in [4.69, 9.17) is 16.3 Å². The highest BCUT2D eigenvalue weighted by molar-refractivity contribution is 6.38. The zero-order chi connectivity index (χ0) is 13.3. The third-order valence-corrected chi connectivity index (χ3v) is 3.32. The van der Waals surface area contributed by atoms with Crippen LogP contribution in [0.2, 0.25) is 5.02 Å². The first-order chi connectivity index (χ1) is 8.54. The van der Waals surface area contributed by atoms with Crippen LogP contribution in [0.1, 0.15) is 28.4 Å². The summed E-state index contributed by atoms with van der Waals surface area (Å²) in [7, 11) is 0. The summed E-state index contributed by atoms with van der Waals surface area (Å²) < 4.78 is 4.95. The predicted octanol–water partition coefficient (Wildman–Crippen LogP) is 3.68. The van der Waals surface area contributed by atoms with E-state index in [2.05, 4.69) is 4.98 Å². The van der Waals surface area contributed by atoms with Gasteiger partial charge in [-0.25, -0.2) is 4.79 Å². The molecule has 18 heavy (non-hydrogen) atoms. The lowest BCUT2D eigenvalue weighted by atomic mass is 10.1. The molecule has 0 bridgehead atoms. The van der Waals surface area contributed by atoms with E-state index in [0.29, 0.717) is 17.2 Å². The Morgan fingerprint density at radius 3 is 2.67 bits per heavy atom. The molecule has 4 heteroatoms. The number of hydrogen-bond donors (Lipinski definition) is 0. The summed E-state index contributed by atoms with van der Waals surface area (Å²) in [6, 6.07) is 3.91. The van der Waals surface area contributed by atoms with Gasteiger partial charge >= 0.3 is 5.97 Å². The van der Waals surface area contributed by atoms with E-state index in [1.54, 1.807) is 6.92 Å². The molecule has 0 aliphatic carbocycles. The first kappa shape index (κ1) is 12.8. The van der Waals surface area contributed by atoms with Gasteiger partial charge in [-0.3, -0.25) is 4.98 Å². The van der Waals surface area contributed by atoms with Crippen LogP contribution in [-0.4, -0.2) is 17.6 Å². The summed E-state index contributed by atoms with van der Waals surface area (Å²) in [5.74, 6) is -0.435. The van der Waals surface area contributed by atoms with Gasteiger partial charge in [0.15, 0.2) is 0 Å². The minimum Gasteiger partial charge on any atom is -0.462 e. The second-order valence-electron chi connectivity index (χ2n) is 4.16. The van der Waals surface area contributed by atoms with Crippen LogP contribution in [-0.2, 0) is 4.74 Å². The number of halogens is 1. The van der Waals surface area contributed by atoms with Gasteiger partial charge in [-0.05, 0) is 44.0 Å². The van der Waals surface area contributed by atoms with Gasteiger partial charge in [0.2, 0.25) is 0 Å². The van der Waals surface area contributed by atoms with Crippen molar-refractivity contribution < 1.29 is 9.53 Å². The van der Waals surface area contributed by atoms with Crippen LogP contribution in [0.3, 0.4) is 0 Å². The third-order valence-electron chi connectivity index (χ3n) is 2.91. The number of hydrogen-bond acceptors (Lipinski definition) is 3. The summed E-state index contributed by atoms with van der Waals surface area (Å²) in [6.45, 7) is 6.10. The van der Waals surface area contributed by atoms with Gasteiger partial charge in [0.25, 0.3) is 0 Å². The lowest BCUT2D eigenvalue weighted by Crippen LogP contribution is -2.06. The molecule has 0 unspecified atom stereocenters. The highest BCUT2D eigenvalue weighted by Gasteiger charge is 2.15. The number of benzene rings is 1. The Morgan fingerprint density at radius 1 is 1.33 bits per heavy atom. The number of rotatable bonds is 2. The molecule has 94 valence electrons. The molecule has 0 aliphatic heterocycles. The predicted molar refractivity (Wildman–Crippen MR) is 72.2 cm³/mol. The number of fused-ring (bicyclic) bond motifs is 1. The maximum atomic E-state index is 11.7. The number of aromatic nitrogens is 1. The second kappa shape index (κ2) is 4.94. The number of aryl methyl sites for hydroxylation is 2. The van der Waals surface area contributed by atoms with Crippen molar-refractivity contribution >= 4 is 28.5 Å². The Hall–Kier alpha value is -1.61. The van der Waals surface area contributed by atoms with Crippen molar-refractivity contribution in [3.05, 3.63) is 40.0 Å². The minimum absolute atomic E-state index is 0.314. The molecule has 2 aromatic rings. The van der Waals surface area contributed by atoms with Crippen molar-refractivity contribution in [2.45, 2.75) is 20.8 Å². The topological polar surface area (TPSA) is 39.2 Å². The molecule has 1 heterocycles. The zero-order valence-corrected chi connectivity index (χ0v) is 11.3. The average molecular weight is 264 g/mol. The lowest BCUT2D eigenvalue weighted by Gasteiger charge is -2.08. The molecule has 3 nitrogen and oxygen atoms in total. The van der Waals surface area contributed by atoms with Crippen molar-refractivity contribution in [1.82, 2.24) is 4.98 Å². The number of pyridine rings is 1. The summed E-state index contributed by atoms with van der Waals surface area (Å²) >= 11 is 6.26. The van der Waals surface area contributed by atoms with Gasteiger partial charge in [-0.15, -0.1) is 0 Å². The second-order valence-corrected chi connectivity index (χ2v) is 4.54. The fourth-order valence-corrected chi connectivity index (χ4v) is 2.05. The van der Waals surface area contributed by atoms with E-state index in [9.17, 15) is 4.79 Å². The Bertz CT molecular complexity index is 623. The minimum atomic E-state index is -0.435. The molecule has 0 radical (unpaired) electrons. The Labute approximate surface area is 111 Å². The third kappa shape index (κ3) is 2.18. The van der Waals surface area contributed by atoms with Crippen LogP contribution in [0.15, 0.2) is 18.3 Å². The molecule has 1 aromatic heterocycles. The number of nitrogens with zero attached hydrogens (tertiary/aromatic N) is 1. The van der Waals surface area contributed by atoms with Crippen LogP contribution in [0.25, 0.3) is 10.9 Å². The van der Waals surface area contributed by atoms with Crippen LogP contribution in [0.5, 0.6) is 0 Å². The molecular formula is C14H14ClNO2. The van der Waals surface area contributed by atoms with Gasteiger partial charge < -0.3 is 4.74 Å². The zero-order valence-electron chi connectivity index (χ0n) is 10.6. The molecular weight excluding hydrogens is 250 g/mol. The highest BCUT2D eigenvalue weighted by Crippen LogP contribution is 2.28. The fourth-order valence-electron chi connectivity index (χ4n) is 1.77. The van der Waals surface area contributed by atoms with Crippen LogP contribution in [0.4, 0.5) is 0 Å². The van der Waals surface area contributed by atoms with E-state index < -0.39 is 5.97 Å². The van der Waals surface area contributed by atoms with E-state index in [1.807, 2.05) is 26.0 Å². The van der Waals surface area contributed by atoms with E-state index in [-0.39, 0.29) is 0 Å². The lowest BCUT2D eigenvalue weighted by molar-refractivity contribution is 0.0526. The molecule has 0 amide bonds. The van der Waals surface area contributed by atoms with Crippen LogP contribution >= 0.6 is 11.6 Å². The number of esters is 1. The smallest absolute Gasteiger partial charge is 0.341 e. The van der Waals surface area contributed by atoms with Crippen molar-refractivity contribution in [2.75, 3.05) is 6.61 Å². The number of carbonyl (C=O) groups excluding carboxylic acids is 1. The molecule has 0 saturated carbocycles. The SMILES string of the molecule is CCOC(=O)c1cnc2cc(C)c(C)cc2c1Cl. The van der Waals surface area contributed by atoms with Crippen molar-refractivity contribution in [3.63, 3.8) is 0 Å². The fraction of sp³-hybridized carbons (Fsp3) is 0.286. The van der Waals surface area contributed by atoms with Gasteiger partial charge in [-0.1, -0.05) is 11.6 Å². The van der Waals surface area contributed by atoms with Crippen molar-refractivity contribution in [3.8, 4) is 0 Å². The molecule has 0 aliphatic rings. The summed E-state index contributed by atoms with van der Waals surface area (Å²) in [4.78, 5) is 16.0. The normalized spacial score (nSPS) is 10.7. The quantitative estimate of drug-likeness (QED) is 0.776. The Kier molecular flexibility index (Phi) is 3.53. The first-order valence-corrected chi connectivity index (χ1v) is 6.15. The highest BCUT2D eigenvalue weighted by atomic mass is 35.5. The maximum absolute atomic E-state index is 11.7. The number of carbonyl (C=O) groups is 1. The van der Waals surface area contributed by atoms with E-state index in [0.717, 1.165) is 22.0 Å². The Balaban J connectivity index is 2.63. The molecule has 2 rings (SSSR count). The summed E-state index contributed by atoms with van der Waals surface area (Å²) in [5, 5.41) is 1.19. The van der Waals surface area contributed by atoms with Gasteiger partial charge in [0.05, 0.1) is 22.7 Å². The van der Waals surface area contributed by atoms with Gasteiger partial charge in [-0.2, -0.15) is 0 Å². The molecule has 0 N–H and O–H groups in total. The summed E-state index contributed by atoms with van der Waals surface area (Å²) in [6.07, 6.45) is 1.47. The van der Waals surface area contributed by atoms with Crippen molar-refractivity contribution in [2.24, 2.45) is 0 Å². The average Bonchev–Trinajstić information content (AvgIpc) is 2.32. The molecule has 0 fully saturated rings. The van der Waals surface area contributed by atoms with Crippen LogP contribution in [0, 0.1) is 13.8 Å². The largest absolute Gasteiger partial charge is 0.462 e. The van der Waals surface area contributed by atoms with E-state index in [1.165, 1.54) is 6.20 Å². The van der Waals surface area contributed by atoms with Crippen molar-refractivity contribution in [1.29, 1.82) is 0 Å². The molecule has 0 atom stereocenters. The maximum Gasteiger partial charge on any atom is 0.341 e. The number of ether oxygens (including phenoxy) is 1. The monoisotopic (exact) mass is 263 g/mol. The van der Waals surface area contributed by atoms with Crippen LogP contribution < -0.4 is 0 Å². The molecule has 0 spiro atoms. The molecule has 1 aromatic carbocycles.